The Morgan fingerprint density at radius 2 is 1.35 bits per heavy atom. The van der Waals surface area contributed by atoms with Gasteiger partial charge in [0.05, 0.1) is 0 Å². The predicted molar refractivity (Wildman–Crippen MR) is 159 cm³/mol. The fraction of sp³-hybridized carbons (Fsp3) is 0.278. The van der Waals surface area contributed by atoms with Crippen LogP contribution in [0.5, 0.6) is 0 Å². The summed E-state index contributed by atoms with van der Waals surface area (Å²) >= 11 is 0. The van der Waals surface area contributed by atoms with Crippen molar-refractivity contribution in [1.29, 1.82) is 0 Å². The minimum Gasteiger partial charge on any atom is -0.343 e. The van der Waals surface area contributed by atoms with Crippen molar-refractivity contribution >= 4 is 22.5 Å². The summed E-state index contributed by atoms with van der Waals surface area (Å²) in [4.78, 5) is 30.0. The summed E-state index contributed by atoms with van der Waals surface area (Å²) in [6.45, 7) is 3.56. The number of fused-ring (bicyclic) bond motifs is 1. The van der Waals surface area contributed by atoms with E-state index in [1.807, 2.05) is 6.07 Å². The first kappa shape index (κ1) is 24.8. The maximum atomic E-state index is 13.8. The number of aryl methyl sites for hydroxylation is 1. The zero-order valence-electron chi connectivity index (χ0n) is 23.0. The Kier molecular flexibility index (Phi) is 6.27. The lowest BCUT2D eigenvalue weighted by molar-refractivity contribution is -0.117. The van der Waals surface area contributed by atoms with Crippen LogP contribution in [0.4, 0.5) is 0 Å². The molecule has 3 aromatic carbocycles. The SMILES string of the molecule is Cc1cccc(Cn2cc(C3C4=C(CCCC4=O)N(Cc4ccccc4)C4=C3C(=O)CCC4)c3ccccc32)c1. The summed E-state index contributed by atoms with van der Waals surface area (Å²) in [6.07, 6.45) is 6.79. The molecule has 40 heavy (non-hydrogen) atoms. The number of benzene rings is 3. The van der Waals surface area contributed by atoms with Crippen molar-refractivity contribution in [1.82, 2.24) is 9.47 Å². The fourth-order valence-electron chi connectivity index (χ4n) is 7.13. The maximum Gasteiger partial charge on any atom is 0.161 e. The number of Topliss-reactive ketones (excluding diaryl/α,β-unsaturated/α-hetero) is 2. The molecule has 0 saturated heterocycles. The molecule has 0 unspecified atom stereocenters. The Labute approximate surface area is 235 Å². The minimum absolute atomic E-state index is 0.199. The monoisotopic (exact) mass is 526 g/mol. The molecule has 0 saturated carbocycles. The van der Waals surface area contributed by atoms with Crippen LogP contribution >= 0.6 is 0 Å². The lowest BCUT2D eigenvalue weighted by atomic mass is 9.71. The molecular weight excluding hydrogens is 492 g/mol. The second kappa shape index (κ2) is 10.1. The number of rotatable bonds is 5. The molecule has 0 fully saturated rings. The van der Waals surface area contributed by atoms with Gasteiger partial charge in [-0.1, -0.05) is 78.4 Å². The van der Waals surface area contributed by atoms with Crippen LogP contribution in [0.25, 0.3) is 10.9 Å². The molecule has 200 valence electrons. The molecule has 0 radical (unpaired) electrons. The molecule has 0 bridgehead atoms. The molecule has 0 spiro atoms. The molecule has 2 aliphatic carbocycles. The number of hydrogen-bond donors (Lipinski definition) is 0. The van der Waals surface area contributed by atoms with Crippen LogP contribution in [0.3, 0.4) is 0 Å². The van der Waals surface area contributed by atoms with Crippen molar-refractivity contribution in [2.75, 3.05) is 0 Å². The maximum absolute atomic E-state index is 13.8. The normalized spacial score (nSPS) is 18.0. The number of hydrogen-bond acceptors (Lipinski definition) is 3. The van der Waals surface area contributed by atoms with Crippen LogP contribution in [0, 0.1) is 6.92 Å². The van der Waals surface area contributed by atoms with Crippen molar-refractivity contribution in [2.24, 2.45) is 0 Å². The van der Waals surface area contributed by atoms with E-state index in [1.165, 1.54) is 16.7 Å². The molecular formula is C36H34N2O2. The number of carbonyl (C=O) groups is 2. The van der Waals surface area contributed by atoms with Crippen LogP contribution in [0.15, 0.2) is 108 Å². The molecule has 2 heterocycles. The smallest absolute Gasteiger partial charge is 0.161 e. The number of aromatic nitrogens is 1. The van der Waals surface area contributed by atoms with Crippen LogP contribution in [0.2, 0.25) is 0 Å². The van der Waals surface area contributed by atoms with Gasteiger partial charge in [0.25, 0.3) is 0 Å². The third kappa shape index (κ3) is 4.23. The van der Waals surface area contributed by atoms with Gasteiger partial charge in [0, 0.05) is 71.5 Å². The molecule has 0 atom stereocenters. The first-order valence-corrected chi connectivity index (χ1v) is 14.6. The van der Waals surface area contributed by atoms with Crippen LogP contribution in [-0.2, 0) is 22.7 Å². The average molecular weight is 527 g/mol. The molecule has 4 heteroatoms. The molecule has 0 amide bonds. The van der Waals surface area contributed by atoms with Crippen molar-refractivity contribution in [3.8, 4) is 0 Å². The summed E-state index contributed by atoms with van der Waals surface area (Å²) < 4.78 is 2.30. The topological polar surface area (TPSA) is 42.3 Å². The number of carbonyl (C=O) groups excluding carboxylic acids is 2. The minimum atomic E-state index is -0.304. The predicted octanol–water partition coefficient (Wildman–Crippen LogP) is 7.61. The van der Waals surface area contributed by atoms with Crippen molar-refractivity contribution in [3.63, 3.8) is 0 Å². The van der Waals surface area contributed by atoms with Gasteiger partial charge in [0.1, 0.15) is 0 Å². The molecule has 4 aromatic rings. The van der Waals surface area contributed by atoms with E-state index in [4.69, 9.17) is 0 Å². The molecule has 4 nitrogen and oxygen atoms in total. The number of allylic oxidation sites excluding steroid dienone is 4. The van der Waals surface area contributed by atoms with E-state index < -0.39 is 0 Å². The second-order valence-corrected chi connectivity index (χ2v) is 11.5. The van der Waals surface area contributed by atoms with E-state index in [1.54, 1.807) is 0 Å². The standard InChI is InChI=1S/C36H34N2O2/c1-24-10-7-13-26(20-24)21-37-23-28(27-14-5-6-15-29(27)37)34-35-30(16-8-18-32(35)39)38(22-25-11-3-2-4-12-25)31-17-9-19-33(40)36(31)34/h2-7,10-15,20,23,34H,8-9,16-19,21-22H2,1H3. The van der Waals surface area contributed by atoms with Gasteiger partial charge < -0.3 is 9.47 Å². The quantitative estimate of drug-likeness (QED) is 0.269. The van der Waals surface area contributed by atoms with Crippen molar-refractivity contribution in [3.05, 3.63) is 130 Å². The van der Waals surface area contributed by atoms with Crippen LogP contribution in [-0.4, -0.2) is 21.0 Å². The van der Waals surface area contributed by atoms with Gasteiger partial charge in [-0.25, -0.2) is 0 Å². The largest absolute Gasteiger partial charge is 0.343 e. The highest BCUT2D eigenvalue weighted by Crippen LogP contribution is 2.51. The Balaban J connectivity index is 1.43. The van der Waals surface area contributed by atoms with Gasteiger partial charge in [-0.3, -0.25) is 9.59 Å². The molecule has 1 aromatic heterocycles. The van der Waals surface area contributed by atoms with Gasteiger partial charge in [-0.15, -0.1) is 0 Å². The third-order valence-electron chi connectivity index (χ3n) is 8.84. The first-order valence-electron chi connectivity index (χ1n) is 14.6. The second-order valence-electron chi connectivity index (χ2n) is 11.5. The molecule has 1 aliphatic heterocycles. The van der Waals surface area contributed by atoms with Crippen LogP contribution in [0.1, 0.15) is 66.7 Å². The molecule has 7 rings (SSSR count). The van der Waals surface area contributed by atoms with Crippen LogP contribution < -0.4 is 0 Å². The zero-order chi connectivity index (χ0) is 27.2. The fourth-order valence-corrected chi connectivity index (χ4v) is 7.13. The number of para-hydroxylation sites is 1. The van der Waals surface area contributed by atoms with Gasteiger partial charge in [-0.2, -0.15) is 0 Å². The zero-order valence-corrected chi connectivity index (χ0v) is 23.0. The van der Waals surface area contributed by atoms with Gasteiger partial charge in [0.15, 0.2) is 11.6 Å². The van der Waals surface area contributed by atoms with Crippen molar-refractivity contribution < 1.29 is 9.59 Å². The average Bonchev–Trinajstić information content (AvgIpc) is 3.32. The lowest BCUT2D eigenvalue weighted by Gasteiger charge is -2.44. The highest BCUT2D eigenvalue weighted by molar-refractivity contribution is 6.07. The lowest BCUT2D eigenvalue weighted by Crippen LogP contribution is -2.38. The van der Waals surface area contributed by atoms with Gasteiger partial charge in [-0.05, 0) is 55.4 Å². The van der Waals surface area contributed by atoms with E-state index in [0.717, 1.165) is 71.2 Å². The van der Waals surface area contributed by atoms with Gasteiger partial charge >= 0.3 is 0 Å². The number of nitrogens with zero attached hydrogens (tertiary/aromatic N) is 2. The van der Waals surface area contributed by atoms with E-state index in [-0.39, 0.29) is 17.5 Å². The molecule has 0 N–H and O–H groups in total. The first-order chi connectivity index (χ1) is 19.6. The summed E-state index contributed by atoms with van der Waals surface area (Å²) in [7, 11) is 0. The van der Waals surface area contributed by atoms with E-state index in [2.05, 4.69) is 95.4 Å². The Hall–Kier alpha value is -4.18. The third-order valence-corrected chi connectivity index (χ3v) is 8.84. The summed E-state index contributed by atoms with van der Waals surface area (Å²) in [5.74, 6) is 0.0933. The Morgan fingerprint density at radius 3 is 2.05 bits per heavy atom. The molecule has 3 aliphatic rings. The highest BCUT2D eigenvalue weighted by Gasteiger charge is 2.44. The van der Waals surface area contributed by atoms with Crippen molar-refractivity contribution in [2.45, 2.75) is 64.5 Å². The summed E-state index contributed by atoms with van der Waals surface area (Å²) in [5, 5.41) is 1.13. The number of ketones is 2. The Morgan fingerprint density at radius 1 is 0.700 bits per heavy atom. The summed E-state index contributed by atoms with van der Waals surface area (Å²) in [6, 6.07) is 27.5. The van der Waals surface area contributed by atoms with E-state index >= 15 is 0 Å². The van der Waals surface area contributed by atoms with Gasteiger partial charge in [0.2, 0.25) is 0 Å². The highest BCUT2D eigenvalue weighted by atomic mass is 16.1. The van der Waals surface area contributed by atoms with E-state index in [9.17, 15) is 9.59 Å². The van der Waals surface area contributed by atoms with E-state index in [0.29, 0.717) is 19.4 Å². The Bertz CT molecular complexity index is 1660. The summed E-state index contributed by atoms with van der Waals surface area (Å²) in [5.41, 5.74) is 9.89.